The Morgan fingerprint density at radius 1 is 1.06 bits per heavy atom. The molecule has 172 valence electrons. The molecule has 1 aromatic carbocycles. The number of amides is 1. The largest absolute Gasteiger partial charge is 0.487 e. The molecule has 4 aliphatic heterocycles. The number of para-hydroxylation sites is 1. The van der Waals surface area contributed by atoms with Crippen LogP contribution >= 0.6 is 12.4 Å². The molecule has 1 amide bonds. The summed E-state index contributed by atoms with van der Waals surface area (Å²) in [7, 11) is 0. The second kappa shape index (κ2) is 10.1. The molecule has 0 aliphatic carbocycles. The molecule has 5 rings (SSSR count). The van der Waals surface area contributed by atoms with Gasteiger partial charge in [0.15, 0.2) is 0 Å². The third kappa shape index (κ3) is 5.03. The molecule has 1 unspecified atom stereocenters. The van der Waals surface area contributed by atoms with Gasteiger partial charge in [0.05, 0.1) is 13.2 Å². The van der Waals surface area contributed by atoms with E-state index >= 15 is 0 Å². The summed E-state index contributed by atoms with van der Waals surface area (Å²) in [6.07, 6.45) is 5.80. The minimum Gasteiger partial charge on any atom is -0.487 e. The Balaban J connectivity index is 0.00000231. The van der Waals surface area contributed by atoms with Gasteiger partial charge in [-0.3, -0.25) is 9.69 Å². The van der Waals surface area contributed by atoms with Gasteiger partial charge >= 0.3 is 0 Å². The fourth-order valence-corrected chi connectivity index (χ4v) is 5.88. The van der Waals surface area contributed by atoms with E-state index in [1.165, 1.54) is 5.56 Å². The molecule has 1 atom stereocenters. The number of nitrogens with zero attached hydrogens (tertiary/aromatic N) is 2. The molecule has 6 nitrogen and oxygen atoms in total. The number of hydrogen-bond donors (Lipinski definition) is 1. The smallest absolute Gasteiger partial charge is 0.223 e. The average Bonchev–Trinajstić information content (AvgIpc) is 2.80. The van der Waals surface area contributed by atoms with Crippen molar-refractivity contribution in [2.75, 3.05) is 52.5 Å². The van der Waals surface area contributed by atoms with Crippen LogP contribution in [-0.2, 0) is 9.53 Å². The van der Waals surface area contributed by atoms with E-state index in [1.54, 1.807) is 0 Å². The number of morpholine rings is 1. The number of carbonyl (C=O) groups is 1. The van der Waals surface area contributed by atoms with E-state index in [9.17, 15) is 4.79 Å². The summed E-state index contributed by atoms with van der Waals surface area (Å²) in [5.41, 5.74) is 1.12. The van der Waals surface area contributed by atoms with Crippen molar-refractivity contribution in [3.8, 4) is 5.75 Å². The number of carbonyl (C=O) groups excluding carboxylic acids is 1. The van der Waals surface area contributed by atoms with Gasteiger partial charge < -0.3 is 19.7 Å². The van der Waals surface area contributed by atoms with Crippen LogP contribution in [-0.4, -0.2) is 79.8 Å². The van der Waals surface area contributed by atoms with Gasteiger partial charge in [-0.1, -0.05) is 18.2 Å². The van der Waals surface area contributed by atoms with Gasteiger partial charge in [-0.05, 0) is 56.8 Å². The highest BCUT2D eigenvalue weighted by Crippen LogP contribution is 2.46. The number of rotatable bonds is 3. The molecule has 0 radical (unpaired) electrons. The molecule has 1 N–H and O–H groups in total. The number of likely N-dealkylation sites (tertiary alicyclic amines) is 1. The van der Waals surface area contributed by atoms with Crippen molar-refractivity contribution in [2.45, 2.75) is 56.1 Å². The highest BCUT2D eigenvalue weighted by Gasteiger charge is 2.42. The lowest BCUT2D eigenvalue weighted by Gasteiger charge is -2.45. The van der Waals surface area contributed by atoms with Crippen LogP contribution < -0.4 is 10.1 Å². The Labute approximate surface area is 192 Å². The first kappa shape index (κ1) is 22.8. The van der Waals surface area contributed by atoms with Crippen LogP contribution in [0.4, 0.5) is 0 Å². The third-order valence-corrected chi connectivity index (χ3v) is 7.62. The van der Waals surface area contributed by atoms with Crippen molar-refractivity contribution >= 4 is 18.3 Å². The molecule has 31 heavy (non-hydrogen) atoms. The molecular weight excluding hydrogens is 414 g/mol. The zero-order valence-corrected chi connectivity index (χ0v) is 19.2. The predicted octanol–water partition coefficient (Wildman–Crippen LogP) is 2.81. The molecule has 4 aliphatic rings. The molecule has 0 saturated carbocycles. The number of piperidine rings is 2. The van der Waals surface area contributed by atoms with Gasteiger partial charge in [0, 0.05) is 44.6 Å². The summed E-state index contributed by atoms with van der Waals surface area (Å²) < 4.78 is 12.0. The lowest BCUT2D eigenvalue weighted by Crippen LogP contribution is -2.51. The molecule has 3 fully saturated rings. The zero-order chi connectivity index (χ0) is 20.4. The fraction of sp³-hybridized carbons (Fsp3) is 0.708. The van der Waals surface area contributed by atoms with Gasteiger partial charge in [0.2, 0.25) is 5.91 Å². The summed E-state index contributed by atoms with van der Waals surface area (Å²) in [5.74, 6) is 1.58. The van der Waals surface area contributed by atoms with Crippen molar-refractivity contribution in [3.63, 3.8) is 0 Å². The number of fused-ring (bicyclic) bond motifs is 1. The van der Waals surface area contributed by atoms with Gasteiger partial charge in [0.25, 0.3) is 0 Å². The maximum absolute atomic E-state index is 13.3. The number of nitrogens with one attached hydrogen (secondary N) is 1. The van der Waals surface area contributed by atoms with E-state index in [2.05, 4.69) is 33.3 Å². The van der Waals surface area contributed by atoms with Gasteiger partial charge in [-0.15, -0.1) is 12.4 Å². The monoisotopic (exact) mass is 449 g/mol. The number of halogens is 1. The molecule has 1 aromatic rings. The summed E-state index contributed by atoms with van der Waals surface area (Å²) in [5, 5.41) is 3.45. The summed E-state index contributed by atoms with van der Waals surface area (Å²) in [6.45, 7) is 7.54. The first-order valence-corrected chi connectivity index (χ1v) is 11.8. The predicted molar refractivity (Wildman–Crippen MR) is 123 cm³/mol. The van der Waals surface area contributed by atoms with E-state index < -0.39 is 0 Å². The van der Waals surface area contributed by atoms with Gasteiger partial charge in [-0.25, -0.2) is 0 Å². The minimum atomic E-state index is -0.103. The van der Waals surface area contributed by atoms with Gasteiger partial charge in [0.1, 0.15) is 11.4 Å². The maximum Gasteiger partial charge on any atom is 0.223 e. The van der Waals surface area contributed by atoms with Crippen molar-refractivity contribution in [1.29, 1.82) is 0 Å². The van der Waals surface area contributed by atoms with Crippen molar-refractivity contribution in [2.24, 2.45) is 0 Å². The van der Waals surface area contributed by atoms with E-state index in [4.69, 9.17) is 9.47 Å². The molecular formula is C24H36ClN3O3. The molecule has 7 heteroatoms. The number of hydrogen-bond acceptors (Lipinski definition) is 5. The van der Waals surface area contributed by atoms with Crippen molar-refractivity contribution in [1.82, 2.24) is 15.1 Å². The highest BCUT2D eigenvalue weighted by atomic mass is 35.5. The van der Waals surface area contributed by atoms with Gasteiger partial charge in [-0.2, -0.15) is 0 Å². The Morgan fingerprint density at radius 3 is 2.52 bits per heavy atom. The van der Waals surface area contributed by atoms with Crippen LogP contribution in [0, 0.1) is 0 Å². The fourth-order valence-electron chi connectivity index (χ4n) is 5.88. The van der Waals surface area contributed by atoms with E-state index in [0.29, 0.717) is 18.4 Å². The van der Waals surface area contributed by atoms with E-state index in [0.717, 1.165) is 90.3 Å². The molecule has 4 heterocycles. The van der Waals surface area contributed by atoms with Crippen LogP contribution in [0.2, 0.25) is 0 Å². The van der Waals surface area contributed by atoms with Crippen molar-refractivity contribution < 1.29 is 14.3 Å². The normalized spacial score (nSPS) is 26.6. The SMILES string of the molecule is Cl.O=C(CC1CC2(CCNCC2)Oc2ccccc21)N1CCC(N2CCOCC2)CC1. The van der Waals surface area contributed by atoms with Crippen LogP contribution in [0.1, 0.15) is 50.0 Å². The Kier molecular flexibility index (Phi) is 7.42. The lowest BCUT2D eigenvalue weighted by molar-refractivity contribution is -0.134. The van der Waals surface area contributed by atoms with Crippen LogP contribution in [0.15, 0.2) is 24.3 Å². The summed E-state index contributed by atoms with van der Waals surface area (Å²) in [4.78, 5) is 17.9. The molecule has 0 aromatic heterocycles. The lowest BCUT2D eigenvalue weighted by atomic mass is 9.76. The van der Waals surface area contributed by atoms with E-state index in [-0.39, 0.29) is 23.9 Å². The summed E-state index contributed by atoms with van der Waals surface area (Å²) in [6, 6.07) is 8.98. The molecule has 3 saturated heterocycles. The summed E-state index contributed by atoms with van der Waals surface area (Å²) >= 11 is 0. The highest BCUT2D eigenvalue weighted by molar-refractivity contribution is 5.85. The van der Waals surface area contributed by atoms with E-state index in [1.807, 2.05) is 6.07 Å². The zero-order valence-electron chi connectivity index (χ0n) is 18.4. The quantitative estimate of drug-likeness (QED) is 0.769. The second-order valence-electron chi connectivity index (χ2n) is 9.44. The van der Waals surface area contributed by atoms with Crippen molar-refractivity contribution in [3.05, 3.63) is 29.8 Å². The van der Waals surface area contributed by atoms with Crippen LogP contribution in [0.3, 0.4) is 0 Å². The minimum absolute atomic E-state index is 0. The number of benzene rings is 1. The maximum atomic E-state index is 13.3. The van der Waals surface area contributed by atoms with Crippen LogP contribution in [0.25, 0.3) is 0 Å². The topological polar surface area (TPSA) is 54.0 Å². The molecule has 1 spiro atoms. The number of ether oxygens (including phenoxy) is 2. The van der Waals surface area contributed by atoms with Crippen LogP contribution in [0.5, 0.6) is 5.75 Å². The standard InChI is InChI=1S/C24H35N3O3.ClH/c28-23(27-11-5-20(6-12-27)26-13-15-29-16-14-26)17-19-18-24(7-9-25-10-8-24)30-22-4-2-1-3-21(19)22;/h1-4,19-20,25H,5-18H2;1H. The average molecular weight is 450 g/mol. The molecule has 0 bridgehead atoms. The Morgan fingerprint density at radius 2 is 1.77 bits per heavy atom. The first-order valence-electron chi connectivity index (χ1n) is 11.8. The second-order valence-corrected chi connectivity index (χ2v) is 9.44. The third-order valence-electron chi connectivity index (χ3n) is 7.62. The Hall–Kier alpha value is -1.34. The Bertz CT molecular complexity index is 741. The first-order chi connectivity index (χ1) is 14.7.